The average molecular weight is 166 g/mol. The Bertz CT molecular complexity index is 241. The maximum Gasteiger partial charge on any atom is 0.164 e. The molecule has 1 aromatic rings. The predicted molar refractivity (Wildman–Crippen MR) is 47.3 cm³/mol. The molecule has 0 aliphatic carbocycles. The lowest BCUT2D eigenvalue weighted by Crippen LogP contribution is -2.02. The minimum atomic E-state index is 0.411. The zero-order chi connectivity index (χ0) is 8.81. The van der Waals surface area contributed by atoms with Crippen molar-refractivity contribution in [1.29, 1.82) is 0 Å². The molecular formula is C8H14N4. The van der Waals surface area contributed by atoms with E-state index in [2.05, 4.69) is 16.7 Å². The van der Waals surface area contributed by atoms with Crippen LogP contribution < -0.4 is 5.73 Å². The largest absolute Gasteiger partial charge is 0.324 e. The SMILES string of the molecule is C=CCCCn1cnc(CN)n1. The van der Waals surface area contributed by atoms with Crippen molar-refractivity contribution in [2.75, 3.05) is 0 Å². The standard InChI is InChI=1S/C8H14N4/c1-2-3-4-5-12-7-10-8(6-9)11-12/h2,7H,1,3-6,9H2. The first kappa shape index (κ1) is 8.93. The average Bonchev–Trinajstić information content (AvgIpc) is 2.53. The molecule has 1 heterocycles. The fourth-order valence-corrected chi connectivity index (χ4v) is 0.932. The molecule has 0 amide bonds. The molecule has 66 valence electrons. The Hall–Kier alpha value is -1.16. The zero-order valence-corrected chi connectivity index (χ0v) is 7.11. The minimum Gasteiger partial charge on any atom is -0.324 e. The van der Waals surface area contributed by atoms with E-state index in [-0.39, 0.29) is 0 Å². The third-order valence-electron chi connectivity index (χ3n) is 1.56. The van der Waals surface area contributed by atoms with Gasteiger partial charge in [-0.1, -0.05) is 6.08 Å². The van der Waals surface area contributed by atoms with Gasteiger partial charge in [0.15, 0.2) is 5.82 Å². The van der Waals surface area contributed by atoms with Crippen molar-refractivity contribution in [2.45, 2.75) is 25.9 Å². The molecule has 0 aliphatic rings. The zero-order valence-electron chi connectivity index (χ0n) is 7.11. The van der Waals surface area contributed by atoms with Gasteiger partial charge in [0.1, 0.15) is 6.33 Å². The molecule has 0 spiro atoms. The smallest absolute Gasteiger partial charge is 0.164 e. The number of unbranched alkanes of at least 4 members (excludes halogenated alkanes) is 1. The summed E-state index contributed by atoms with van der Waals surface area (Å²) in [7, 11) is 0. The predicted octanol–water partition coefficient (Wildman–Crippen LogP) is 0.703. The number of aromatic nitrogens is 3. The highest BCUT2D eigenvalue weighted by Gasteiger charge is 1.96. The van der Waals surface area contributed by atoms with Gasteiger partial charge in [-0.2, -0.15) is 5.10 Å². The summed E-state index contributed by atoms with van der Waals surface area (Å²) in [6, 6.07) is 0. The summed E-state index contributed by atoms with van der Waals surface area (Å²) in [6.45, 7) is 4.95. The summed E-state index contributed by atoms with van der Waals surface area (Å²) in [6.07, 6.45) is 5.68. The Morgan fingerprint density at radius 1 is 1.67 bits per heavy atom. The van der Waals surface area contributed by atoms with Crippen LogP contribution in [-0.4, -0.2) is 14.8 Å². The van der Waals surface area contributed by atoms with Gasteiger partial charge in [-0.25, -0.2) is 4.98 Å². The van der Waals surface area contributed by atoms with Gasteiger partial charge in [-0.15, -0.1) is 6.58 Å². The minimum absolute atomic E-state index is 0.411. The van der Waals surface area contributed by atoms with E-state index in [4.69, 9.17) is 5.73 Å². The lowest BCUT2D eigenvalue weighted by Gasteiger charge is -1.96. The molecule has 0 aromatic carbocycles. The second-order valence-electron chi connectivity index (χ2n) is 2.56. The molecule has 0 saturated heterocycles. The monoisotopic (exact) mass is 166 g/mol. The molecule has 0 atom stereocenters. The highest BCUT2D eigenvalue weighted by atomic mass is 15.3. The molecule has 0 unspecified atom stereocenters. The number of allylic oxidation sites excluding steroid dienone is 1. The second-order valence-corrected chi connectivity index (χ2v) is 2.56. The Kier molecular flexibility index (Phi) is 3.47. The van der Waals surface area contributed by atoms with E-state index in [0.717, 1.165) is 19.4 Å². The van der Waals surface area contributed by atoms with Crippen LogP contribution in [0.2, 0.25) is 0 Å². The van der Waals surface area contributed by atoms with Crippen molar-refractivity contribution in [1.82, 2.24) is 14.8 Å². The molecule has 2 N–H and O–H groups in total. The van der Waals surface area contributed by atoms with Gasteiger partial charge in [-0.05, 0) is 12.8 Å². The number of hydrogen-bond acceptors (Lipinski definition) is 3. The van der Waals surface area contributed by atoms with Crippen molar-refractivity contribution in [2.24, 2.45) is 5.73 Å². The van der Waals surface area contributed by atoms with Crippen LogP contribution in [0.5, 0.6) is 0 Å². The van der Waals surface area contributed by atoms with Gasteiger partial charge in [0.05, 0.1) is 6.54 Å². The number of aryl methyl sites for hydroxylation is 1. The first-order chi connectivity index (χ1) is 5.86. The van der Waals surface area contributed by atoms with Gasteiger partial charge in [0.25, 0.3) is 0 Å². The van der Waals surface area contributed by atoms with E-state index < -0.39 is 0 Å². The molecule has 4 nitrogen and oxygen atoms in total. The van der Waals surface area contributed by atoms with Crippen LogP contribution >= 0.6 is 0 Å². The van der Waals surface area contributed by atoms with Crippen LogP contribution in [0.25, 0.3) is 0 Å². The molecule has 0 bridgehead atoms. The van der Waals surface area contributed by atoms with Crippen molar-refractivity contribution >= 4 is 0 Å². The van der Waals surface area contributed by atoms with E-state index in [1.165, 1.54) is 0 Å². The summed E-state index contributed by atoms with van der Waals surface area (Å²) in [5.41, 5.74) is 5.36. The quantitative estimate of drug-likeness (QED) is 0.517. The Morgan fingerprint density at radius 3 is 3.08 bits per heavy atom. The van der Waals surface area contributed by atoms with Crippen molar-refractivity contribution in [3.8, 4) is 0 Å². The maximum atomic E-state index is 5.36. The van der Waals surface area contributed by atoms with E-state index in [9.17, 15) is 0 Å². The Morgan fingerprint density at radius 2 is 2.50 bits per heavy atom. The summed E-state index contributed by atoms with van der Waals surface area (Å²) < 4.78 is 1.81. The fraction of sp³-hybridized carbons (Fsp3) is 0.500. The highest BCUT2D eigenvalue weighted by molar-refractivity contribution is 4.79. The van der Waals surface area contributed by atoms with Crippen LogP contribution in [-0.2, 0) is 13.1 Å². The van der Waals surface area contributed by atoms with Gasteiger partial charge >= 0.3 is 0 Å². The molecule has 0 radical (unpaired) electrons. The molecule has 0 aliphatic heterocycles. The van der Waals surface area contributed by atoms with Crippen molar-refractivity contribution < 1.29 is 0 Å². The van der Waals surface area contributed by atoms with E-state index in [1.807, 2.05) is 10.8 Å². The molecule has 0 fully saturated rings. The number of nitrogens with two attached hydrogens (primary N) is 1. The summed E-state index contributed by atoms with van der Waals surface area (Å²) in [5.74, 6) is 0.702. The van der Waals surface area contributed by atoms with Crippen LogP contribution in [0.4, 0.5) is 0 Å². The topological polar surface area (TPSA) is 56.7 Å². The van der Waals surface area contributed by atoms with E-state index >= 15 is 0 Å². The van der Waals surface area contributed by atoms with Crippen LogP contribution in [0.3, 0.4) is 0 Å². The lowest BCUT2D eigenvalue weighted by molar-refractivity contribution is 0.576. The van der Waals surface area contributed by atoms with Crippen molar-refractivity contribution in [3.05, 3.63) is 24.8 Å². The number of rotatable bonds is 5. The third-order valence-corrected chi connectivity index (χ3v) is 1.56. The van der Waals surface area contributed by atoms with Gasteiger partial charge in [-0.3, -0.25) is 4.68 Å². The third kappa shape index (κ3) is 2.47. The Labute approximate surface area is 72.1 Å². The van der Waals surface area contributed by atoms with E-state index in [0.29, 0.717) is 12.4 Å². The molecule has 0 saturated carbocycles. The molecule has 1 rings (SSSR count). The van der Waals surface area contributed by atoms with E-state index in [1.54, 1.807) is 6.33 Å². The van der Waals surface area contributed by atoms with Crippen molar-refractivity contribution in [3.63, 3.8) is 0 Å². The molecule has 4 heteroatoms. The van der Waals surface area contributed by atoms with Crippen LogP contribution in [0, 0.1) is 0 Å². The highest BCUT2D eigenvalue weighted by Crippen LogP contribution is 1.94. The summed E-state index contributed by atoms with van der Waals surface area (Å²) in [5, 5.41) is 4.15. The molecule has 12 heavy (non-hydrogen) atoms. The number of hydrogen-bond donors (Lipinski definition) is 1. The second kappa shape index (κ2) is 4.66. The first-order valence-electron chi connectivity index (χ1n) is 4.06. The molecular weight excluding hydrogens is 152 g/mol. The Balaban J connectivity index is 2.36. The van der Waals surface area contributed by atoms with Gasteiger partial charge < -0.3 is 5.73 Å². The normalized spacial score (nSPS) is 10.1. The molecule has 1 aromatic heterocycles. The lowest BCUT2D eigenvalue weighted by atomic mass is 10.3. The van der Waals surface area contributed by atoms with Crippen LogP contribution in [0.1, 0.15) is 18.7 Å². The maximum absolute atomic E-state index is 5.36. The number of nitrogens with zero attached hydrogens (tertiary/aromatic N) is 3. The van der Waals surface area contributed by atoms with Gasteiger partial charge in [0, 0.05) is 6.54 Å². The summed E-state index contributed by atoms with van der Waals surface area (Å²) in [4.78, 5) is 4.01. The van der Waals surface area contributed by atoms with Gasteiger partial charge in [0.2, 0.25) is 0 Å². The fourth-order valence-electron chi connectivity index (χ4n) is 0.932. The first-order valence-corrected chi connectivity index (χ1v) is 4.06. The summed E-state index contributed by atoms with van der Waals surface area (Å²) >= 11 is 0. The van der Waals surface area contributed by atoms with Crippen LogP contribution in [0.15, 0.2) is 19.0 Å².